The van der Waals surface area contributed by atoms with Crippen molar-refractivity contribution in [1.29, 1.82) is 0 Å². The molecule has 0 N–H and O–H groups in total. The second-order valence-corrected chi connectivity index (χ2v) is 5.39. The Morgan fingerprint density at radius 2 is 1.43 bits per heavy atom. The topological polar surface area (TPSA) is 27.7 Å². The van der Waals surface area contributed by atoms with Crippen LogP contribution in [0.25, 0.3) is 21.9 Å². The second kappa shape index (κ2) is 6.21. The van der Waals surface area contributed by atoms with Gasteiger partial charge in [0.05, 0.1) is 21.3 Å². The molecule has 3 nitrogen and oxygen atoms in total. The van der Waals surface area contributed by atoms with Gasteiger partial charge in [-0.15, -0.1) is 0 Å². The zero-order chi connectivity index (χ0) is 16.4. The van der Waals surface area contributed by atoms with Crippen molar-refractivity contribution in [3.05, 3.63) is 54.1 Å². The van der Waals surface area contributed by atoms with E-state index in [0.717, 1.165) is 44.7 Å². The number of ether oxygens (including phenoxy) is 3. The van der Waals surface area contributed by atoms with E-state index < -0.39 is 0 Å². The van der Waals surface area contributed by atoms with E-state index in [1.165, 1.54) is 0 Å². The number of aryl methyl sites for hydroxylation is 1. The minimum atomic E-state index is 0.839. The van der Waals surface area contributed by atoms with Gasteiger partial charge in [0, 0.05) is 16.3 Å². The highest BCUT2D eigenvalue weighted by Gasteiger charge is 2.16. The van der Waals surface area contributed by atoms with E-state index in [1.54, 1.807) is 21.3 Å². The van der Waals surface area contributed by atoms with Crippen LogP contribution in [0.15, 0.2) is 48.5 Å². The number of rotatable bonds is 4. The summed E-state index contributed by atoms with van der Waals surface area (Å²) in [6.07, 6.45) is 0. The Bertz CT molecular complexity index is 853. The lowest BCUT2D eigenvalue weighted by Gasteiger charge is -2.17. The maximum Gasteiger partial charge on any atom is 0.134 e. The van der Waals surface area contributed by atoms with Crippen molar-refractivity contribution in [3.8, 4) is 28.4 Å². The van der Waals surface area contributed by atoms with Gasteiger partial charge in [0.1, 0.15) is 17.2 Å². The van der Waals surface area contributed by atoms with Crippen LogP contribution in [0.1, 0.15) is 5.56 Å². The van der Waals surface area contributed by atoms with Crippen molar-refractivity contribution in [2.45, 2.75) is 6.92 Å². The van der Waals surface area contributed by atoms with Crippen molar-refractivity contribution in [1.82, 2.24) is 0 Å². The summed E-state index contributed by atoms with van der Waals surface area (Å²) in [7, 11) is 5.07. The molecule has 3 rings (SSSR count). The summed E-state index contributed by atoms with van der Waals surface area (Å²) >= 11 is 0. The van der Waals surface area contributed by atoms with Crippen molar-refractivity contribution >= 4 is 10.8 Å². The predicted octanol–water partition coefficient (Wildman–Crippen LogP) is 4.84. The highest BCUT2D eigenvalue weighted by molar-refractivity contribution is 5.99. The largest absolute Gasteiger partial charge is 0.497 e. The number of fused-ring (bicyclic) bond motifs is 1. The molecule has 0 unspecified atom stereocenters. The lowest BCUT2D eigenvalue weighted by Crippen LogP contribution is -1.95. The first-order chi connectivity index (χ1) is 11.2. The van der Waals surface area contributed by atoms with E-state index in [9.17, 15) is 0 Å². The van der Waals surface area contributed by atoms with Crippen LogP contribution in [-0.4, -0.2) is 21.3 Å². The van der Waals surface area contributed by atoms with Gasteiger partial charge >= 0.3 is 0 Å². The van der Waals surface area contributed by atoms with E-state index in [2.05, 4.69) is 19.1 Å². The third kappa shape index (κ3) is 2.59. The summed E-state index contributed by atoms with van der Waals surface area (Å²) in [5.74, 6) is 2.54. The molecule has 0 spiro atoms. The lowest BCUT2D eigenvalue weighted by atomic mass is 9.95. The summed E-state index contributed by atoms with van der Waals surface area (Å²) in [6.45, 7) is 2.07. The fourth-order valence-corrected chi connectivity index (χ4v) is 2.97. The maximum atomic E-state index is 5.74. The molecule has 0 aromatic heterocycles. The first kappa shape index (κ1) is 15.2. The Hall–Kier alpha value is -2.68. The van der Waals surface area contributed by atoms with Crippen molar-refractivity contribution in [2.75, 3.05) is 21.3 Å². The molecule has 23 heavy (non-hydrogen) atoms. The van der Waals surface area contributed by atoms with Gasteiger partial charge in [0.15, 0.2) is 0 Å². The molecule has 0 amide bonds. The SMILES string of the molecule is COc1ccc(-c2cc(OC)c3ccccc3c2OC)c(C)c1. The summed E-state index contributed by atoms with van der Waals surface area (Å²) < 4.78 is 16.6. The molecular formula is C20H20O3. The molecule has 0 bridgehead atoms. The van der Waals surface area contributed by atoms with Gasteiger partial charge < -0.3 is 14.2 Å². The van der Waals surface area contributed by atoms with Crippen LogP contribution in [0.4, 0.5) is 0 Å². The van der Waals surface area contributed by atoms with E-state index in [-0.39, 0.29) is 0 Å². The molecule has 118 valence electrons. The molecular weight excluding hydrogens is 288 g/mol. The summed E-state index contributed by atoms with van der Waals surface area (Å²) in [4.78, 5) is 0. The fraction of sp³-hybridized carbons (Fsp3) is 0.200. The highest BCUT2D eigenvalue weighted by atomic mass is 16.5. The zero-order valence-electron chi connectivity index (χ0n) is 13.8. The van der Waals surface area contributed by atoms with Gasteiger partial charge in [-0.3, -0.25) is 0 Å². The second-order valence-electron chi connectivity index (χ2n) is 5.39. The summed E-state index contributed by atoms with van der Waals surface area (Å²) in [6, 6.07) is 16.2. The first-order valence-corrected chi connectivity index (χ1v) is 7.48. The zero-order valence-corrected chi connectivity index (χ0v) is 13.8. The molecule has 0 aliphatic heterocycles. The molecule has 0 heterocycles. The molecule has 0 saturated carbocycles. The summed E-state index contributed by atoms with van der Waals surface area (Å²) in [5, 5.41) is 2.08. The Kier molecular flexibility index (Phi) is 4.11. The van der Waals surface area contributed by atoms with E-state index in [1.807, 2.05) is 36.4 Å². The minimum Gasteiger partial charge on any atom is -0.497 e. The number of hydrogen-bond acceptors (Lipinski definition) is 3. The molecule has 3 heteroatoms. The van der Waals surface area contributed by atoms with E-state index in [4.69, 9.17) is 14.2 Å². The number of methoxy groups -OCH3 is 3. The van der Waals surface area contributed by atoms with Gasteiger partial charge in [-0.05, 0) is 36.2 Å². The Morgan fingerprint density at radius 1 is 0.696 bits per heavy atom. The number of benzene rings is 3. The van der Waals surface area contributed by atoms with Crippen LogP contribution < -0.4 is 14.2 Å². The molecule has 0 saturated heterocycles. The summed E-state index contributed by atoms with van der Waals surface area (Å²) in [5.41, 5.74) is 3.25. The molecule has 3 aromatic carbocycles. The van der Waals surface area contributed by atoms with Gasteiger partial charge in [-0.1, -0.05) is 30.3 Å². The molecule has 0 radical (unpaired) electrons. The maximum absolute atomic E-state index is 5.74. The monoisotopic (exact) mass is 308 g/mol. The third-order valence-corrected chi connectivity index (χ3v) is 4.10. The van der Waals surface area contributed by atoms with Crippen LogP contribution in [-0.2, 0) is 0 Å². The van der Waals surface area contributed by atoms with Crippen LogP contribution in [0.5, 0.6) is 17.2 Å². The van der Waals surface area contributed by atoms with Crippen molar-refractivity contribution < 1.29 is 14.2 Å². The first-order valence-electron chi connectivity index (χ1n) is 7.48. The third-order valence-electron chi connectivity index (χ3n) is 4.10. The average molecular weight is 308 g/mol. The molecule has 0 aliphatic carbocycles. The predicted molar refractivity (Wildman–Crippen MR) is 93.8 cm³/mol. The van der Waals surface area contributed by atoms with Crippen LogP contribution >= 0.6 is 0 Å². The van der Waals surface area contributed by atoms with Gasteiger partial charge in [0.2, 0.25) is 0 Å². The standard InChI is InChI=1S/C20H20O3/c1-13-11-14(21-2)9-10-15(13)18-12-19(22-3)16-7-5-6-8-17(16)20(18)23-4/h5-12H,1-4H3. The van der Waals surface area contributed by atoms with E-state index >= 15 is 0 Å². The Balaban J connectivity index is 2.33. The van der Waals surface area contributed by atoms with Gasteiger partial charge in [-0.25, -0.2) is 0 Å². The lowest BCUT2D eigenvalue weighted by molar-refractivity contribution is 0.411. The molecule has 3 aromatic rings. The molecule has 0 aliphatic rings. The van der Waals surface area contributed by atoms with Crippen LogP contribution in [0, 0.1) is 6.92 Å². The normalized spacial score (nSPS) is 10.6. The quantitative estimate of drug-likeness (QED) is 0.690. The highest BCUT2D eigenvalue weighted by Crippen LogP contribution is 2.43. The van der Waals surface area contributed by atoms with Crippen LogP contribution in [0.2, 0.25) is 0 Å². The van der Waals surface area contributed by atoms with Crippen LogP contribution in [0.3, 0.4) is 0 Å². The Labute approximate surface area is 136 Å². The van der Waals surface area contributed by atoms with E-state index in [0.29, 0.717) is 0 Å². The Morgan fingerprint density at radius 3 is 2.04 bits per heavy atom. The van der Waals surface area contributed by atoms with Crippen molar-refractivity contribution in [2.24, 2.45) is 0 Å². The average Bonchev–Trinajstić information content (AvgIpc) is 2.60. The van der Waals surface area contributed by atoms with Gasteiger partial charge in [-0.2, -0.15) is 0 Å². The minimum absolute atomic E-state index is 0.839. The van der Waals surface area contributed by atoms with Gasteiger partial charge in [0.25, 0.3) is 0 Å². The fourth-order valence-electron chi connectivity index (χ4n) is 2.97. The van der Waals surface area contributed by atoms with Crippen molar-refractivity contribution in [3.63, 3.8) is 0 Å². The molecule has 0 fully saturated rings. The smallest absolute Gasteiger partial charge is 0.134 e. The molecule has 0 atom stereocenters. The number of hydrogen-bond donors (Lipinski definition) is 0.